The lowest BCUT2D eigenvalue weighted by Gasteiger charge is -2.42. The van der Waals surface area contributed by atoms with Crippen molar-refractivity contribution in [2.24, 2.45) is 0 Å². The van der Waals surface area contributed by atoms with Crippen molar-refractivity contribution in [1.82, 2.24) is 14.8 Å². The van der Waals surface area contributed by atoms with Crippen LogP contribution in [0.1, 0.15) is 72.1 Å². The Bertz CT molecular complexity index is 1550. The smallest absolute Gasteiger partial charge is 0.253 e. The topological polar surface area (TPSA) is 62.5 Å². The number of likely N-dealkylation sites (tertiary alicyclic amines) is 2. The summed E-state index contributed by atoms with van der Waals surface area (Å²) in [5.74, 6) is 0.105. The maximum Gasteiger partial charge on any atom is 0.253 e. The highest BCUT2D eigenvalue weighted by molar-refractivity contribution is 7.13. The fraction of sp³-hybridized carbons (Fsp3) is 0.389. The molecule has 5 nitrogen and oxygen atoms in total. The van der Waals surface area contributed by atoms with E-state index in [1.165, 1.54) is 22.5 Å². The SMILES string of the molecule is Nc1nc(C2(c3ccccc3)CCN(CCCC3(c4ccc(Cl)c(Cl)c4)CCCCN(C(=O)c4ccccc4)C3)CC2)cs1. The molecule has 44 heavy (non-hydrogen) atoms. The third kappa shape index (κ3) is 6.55. The number of nitrogens with zero attached hydrogens (tertiary/aromatic N) is 3. The summed E-state index contributed by atoms with van der Waals surface area (Å²) in [6, 6.07) is 26.5. The Kier molecular flexibility index (Phi) is 9.62. The van der Waals surface area contributed by atoms with Crippen molar-refractivity contribution in [2.45, 2.75) is 55.8 Å². The number of benzene rings is 3. The Morgan fingerprint density at radius 1 is 0.864 bits per heavy atom. The Labute approximate surface area is 275 Å². The second-order valence-electron chi connectivity index (χ2n) is 12.4. The quantitative estimate of drug-likeness (QED) is 0.209. The molecule has 6 rings (SSSR count). The molecule has 3 heterocycles. The predicted molar refractivity (Wildman–Crippen MR) is 183 cm³/mol. The van der Waals surface area contributed by atoms with Crippen LogP contribution in [-0.4, -0.2) is 53.4 Å². The van der Waals surface area contributed by atoms with Crippen molar-refractivity contribution in [3.05, 3.63) is 117 Å². The van der Waals surface area contributed by atoms with E-state index in [2.05, 4.69) is 51.6 Å². The van der Waals surface area contributed by atoms with E-state index in [9.17, 15) is 4.79 Å². The molecule has 230 valence electrons. The summed E-state index contributed by atoms with van der Waals surface area (Å²) < 4.78 is 0. The average molecular weight is 648 g/mol. The lowest BCUT2D eigenvalue weighted by atomic mass is 9.70. The van der Waals surface area contributed by atoms with E-state index >= 15 is 0 Å². The molecule has 2 aliphatic rings. The predicted octanol–water partition coefficient (Wildman–Crippen LogP) is 8.46. The number of amides is 1. The summed E-state index contributed by atoms with van der Waals surface area (Å²) in [4.78, 5) is 23.1. The van der Waals surface area contributed by atoms with Gasteiger partial charge in [-0.2, -0.15) is 0 Å². The number of rotatable bonds is 8. The number of thiazole rings is 1. The van der Waals surface area contributed by atoms with Crippen molar-refractivity contribution in [2.75, 3.05) is 38.5 Å². The molecule has 2 N–H and O–H groups in total. The number of nitrogens with two attached hydrogens (primary N) is 1. The molecule has 0 bridgehead atoms. The lowest BCUT2D eigenvalue weighted by molar-refractivity contribution is 0.0719. The highest BCUT2D eigenvalue weighted by atomic mass is 35.5. The minimum Gasteiger partial charge on any atom is -0.375 e. The Morgan fingerprint density at radius 2 is 1.59 bits per heavy atom. The van der Waals surface area contributed by atoms with Gasteiger partial charge in [-0.15, -0.1) is 11.3 Å². The van der Waals surface area contributed by atoms with Gasteiger partial charge in [0.1, 0.15) is 0 Å². The van der Waals surface area contributed by atoms with Crippen LogP contribution in [0.25, 0.3) is 0 Å². The van der Waals surface area contributed by atoms with Gasteiger partial charge in [0.05, 0.1) is 15.7 Å². The first-order chi connectivity index (χ1) is 21.4. The van der Waals surface area contributed by atoms with E-state index < -0.39 is 0 Å². The van der Waals surface area contributed by atoms with Crippen LogP contribution in [0.3, 0.4) is 0 Å². The molecule has 0 aliphatic carbocycles. The number of halogens is 2. The maximum absolute atomic E-state index is 13.7. The Morgan fingerprint density at radius 3 is 2.27 bits per heavy atom. The second-order valence-corrected chi connectivity index (χ2v) is 14.1. The van der Waals surface area contributed by atoms with Crippen LogP contribution in [0, 0.1) is 0 Å². The van der Waals surface area contributed by atoms with Crippen molar-refractivity contribution in [3.8, 4) is 0 Å². The third-order valence-corrected chi connectivity index (χ3v) is 11.3. The molecule has 4 aromatic rings. The summed E-state index contributed by atoms with van der Waals surface area (Å²) >= 11 is 14.5. The van der Waals surface area contributed by atoms with Crippen LogP contribution < -0.4 is 5.73 Å². The van der Waals surface area contributed by atoms with Gasteiger partial charge in [0.25, 0.3) is 5.91 Å². The van der Waals surface area contributed by atoms with Gasteiger partial charge in [-0.25, -0.2) is 4.98 Å². The van der Waals surface area contributed by atoms with Gasteiger partial charge < -0.3 is 15.5 Å². The van der Waals surface area contributed by atoms with E-state index in [1.807, 2.05) is 42.5 Å². The molecule has 2 fully saturated rings. The number of hydrogen-bond acceptors (Lipinski definition) is 5. The number of carbonyl (C=O) groups excluding carboxylic acids is 1. The molecule has 2 saturated heterocycles. The van der Waals surface area contributed by atoms with Crippen LogP contribution in [-0.2, 0) is 10.8 Å². The fourth-order valence-corrected chi connectivity index (χ4v) is 8.35. The Balaban J connectivity index is 1.19. The van der Waals surface area contributed by atoms with E-state index in [4.69, 9.17) is 33.9 Å². The zero-order chi connectivity index (χ0) is 30.6. The van der Waals surface area contributed by atoms with Crippen LogP contribution in [0.15, 0.2) is 84.2 Å². The molecule has 2 aliphatic heterocycles. The first-order valence-corrected chi connectivity index (χ1v) is 17.3. The zero-order valence-electron chi connectivity index (χ0n) is 25.1. The Hall–Kier alpha value is -2.90. The van der Waals surface area contributed by atoms with Gasteiger partial charge in [0.15, 0.2) is 5.13 Å². The summed E-state index contributed by atoms with van der Waals surface area (Å²) in [6.45, 7) is 4.47. The molecule has 0 saturated carbocycles. The molecule has 8 heteroatoms. The van der Waals surface area contributed by atoms with Gasteiger partial charge in [-0.3, -0.25) is 4.79 Å². The summed E-state index contributed by atoms with van der Waals surface area (Å²) in [5, 5.41) is 3.92. The van der Waals surface area contributed by atoms with E-state index in [1.54, 1.807) is 0 Å². The van der Waals surface area contributed by atoms with Crippen molar-refractivity contribution < 1.29 is 4.79 Å². The highest BCUT2D eigenvalue weighted by Gasteiger charge is 2.41. The number of nitrogen functional groups attached to an aromatic ring is 1. The molecule has 1 atom stereocenters. The first-order valence-electron chi connectivity index (χ1n) is 15.7. The van der Waals surface area contributed by atoms with Crippen LogP contribution in [0.4, 0.5) is 5.13 Å². The van der Waals surface area contributed by atoms with Crippen molar-refractivity contribution >= 4 is 45.6 Å². The van der Waals surface area contributed by atoms with Gasteiger partial charge in [0, 0.05) is 34.9 Å². The highest BCUT2D eigenvalue weighted by Crippen LogP contribution is 2.43. The van der Waals surface area contributed by atoms with Crippen molar-refractivity contribution in [3.63, 3.8) is 0 Å². The molecular formula is C36H40Cl2N4OS. The minimum atomic E-state index is -0.184. The number of hydrogen-bond donors (Lipinski definition) is 1. The molecule has 1 amide bonds. The lowest BCUT2D eigenvalue weighted by Crippen LogP contribution is -2.45. The number of piperidine rings is 1. The summed E-state index contributed by atoms with van der Waals surface area (Å²) in [5.41, 5.74) is 10.2. The summed E-state index contributed by atoms with van der Waals surface area (Å²) in [7, 11) is 0. The molecule has 3 aromatic carbocycles. The molecular weight excluding hydrogens is 607 g/mol. The van der Waals surface area contributed by atoms with Crippen LogP contribution in [0.5, 0.6) is 0 Å². The van der Waals surface area contributed by atoms with Crippen molar-refractivity contribution in [1.29, 1.82) is 0 Å². The van der Waals surface area contributed by atoms with Gasteiger partial charge in [-0.05, 0) is 93.6 Å². The summed E-state index contributed by atoms with van der Waals surface area (Å²) in [6.07, 6.45) is 7.12. The monoisotopic (exact) mass is 646 g/mol. The van der Waals surface area contributed by atoms with Gasteiger partial charge >= 0.3 is 0 Å². The van der Waals surface area contributed by atoms with E-state index in [-0.39, 0.29) is 16.7 Å². The maximum atomic E-state index is 13.7. The minimum absolute atomic E-state index is 0.104. The first kappa shape index (κ1) is 31.1. The largest absolute Gasteiger partial charge is 0.375 e. The average Bonchev–Trinajstić information content (AvgIpc) is 3.39. The zero-order valence-corrected chi connectivity index (χ0v) is 27.4. The van der Waals surface area contributed by atoms with Gasteiger partial charge in [-0.1, -0.05) is 84.2 Å². The van der Waals surface area contributed by atoms with E-state index in [0.717, 1.165) is 82.4 Å². The third-order valence-electron chi connectivity index (χ3n) is 9.84. The number of anilines is 1. The molecule has 0 spiro atoms. The fourth-order valence-electron chi connectivity index (χ4n) is 7.39. The van der Waals surface area contributed by atoms with Gasteiger partial charge in [0.2, 0.25) is 0 Å². The number of carbonyl (C=O) groups is 1. The standard InChI is InChI=1S/C36H40Cl2N4OS/c37-30-15-14-29(24-31(30)38)35(16-7-8-21-42(26-35)33(43)27-10-3-1-4-11-27)17-9-20-41-22-18-36(19-23-41,28-12-5-2-6-13-28)32-25-44-34(39)40-32/h1-6,10-15,24-25H,7-9,16-23,26H2,(H2,39,40). The van der Waals surface area contributed by atoms with Crippen LogP contribution >= 0.6 is 34.5 Å². The number of aromatic nitrogens is 1. The molecule has 0 radical (unpaired) electrons. The van der Waals surface area contributed by atoms with E-state index in [0.29, 0.717) is 21.7 Å². The normalized spacial score (nSPS) is 20.7. The molecule has 1 unspecified atom stereocenters. The van der Waals surface area contributed by atoms with Crippen LogP contribution in [0.2, 0.25) is 10.0 Å². The second kappa shape index (κ2) is 13.6. The molecule has 1 aromatic heterocycles.